The molecule has 1 atom stereocenters. The number of nitrogen functional groups attached to an aromatic ring is 1. The van der Waals surface area contributed by atoms with E-state index in [0.29, 0.717) is 21.6 Å². The van der Waals surface area contributed by atoms with Crippen molar-refractivity contribution in [1.82, 2.24) is 24.5 Å². The molecule has 1 aliphatic rings. The van der Waals surface area contributed by atoms with E-state index in [4.69, 9.17) is 15.2 Å². The van der Waals surface area contributed by atoms with E-state index in [2.05, 4.69) is 10.2 Å². The number of nitrogens with two attached hydrogens (primary N) is 1. The van der Waals surface area contributed by atoms with Crippen molar-refractivity contribution in [2.24, 2.45) is 0 Å². The van der Waals surface area contributed by atoms with Crippen LogP contribution in [0.25, 0.3) is 0 Å². The SMILES string of the molecule is COc1ccc(CCn2c3c(c(=O)[nH]c2=O)C(NS(=O)(=O)c2nnc(N)s2)(C(F)(F)F)C(=O)N3)cc1OC. The van der Waals surface area contributed by atoms with Gasteiger partial charge in [-0.1, -0.05) is 17.4 Å². The van der Waals surface area contributed by atoms with Gasteiger partial charge in [0, 0.05) is 6.54 Å². The molecule has 4 rings (SSSR count). The van der Waals surface area contributed by atoms with Crippen LogP contribution in [0.4, 0.5) is 24.1 Å². The fraction of sp³-hybridized carbons (Fsp3) is 0.316. The number of ether oxygens (including phenoxy) is 2. The standard InChI is InChI=1S/C19H18F3N7O7S2/c1-35-9-4-3-8(7-10(9)36-2)5-6-29-12-11(13(30)25-16(29)32)18(14(31)24-12,19(20,21)22)28-38(33,34)17-27-26-15(23)37-17/h3-4,7,28H,5-6H2,1-2H3,(H2,23,26)(H,24,31)(H,25,30,32). The number of aromatic nitrogens is 4. The van der Waals surface area contributed by atoms with E-state index in [1.54, 1.807) is 23.2 Å². The van der Waals surface area contributed by atoms with Crippen molar-refractivity contribution >= 4 is 38.2 Å². The lowest BCUT2D eigenvalue weighted by molar-refractivity contribution is -0.194. The van der Waals surface area contributed by atoms with Gasteiger partial charge in [-0.15, -0.1) is 10.2 Å². The molecule has 0 saturated carbocycles. The Hall–Kier alpha value is -3.97. The van der Waals surface area contributed by atoms with Gasteiger partial charge in [0.2, 0.25) is 15.0 Å². The van der Waals surface area contributed by atoms with Gasteiger partial charge >= 0.3 is 11.9 Å². The van der Waals surface area contributed by atoms with E-state index in [1.165, 1.54) is 18.9 Å². The highest BCUT2D eigenvalue weighted by Gasteiger charge is 2.69. The van der Waals surface area contributed by atoms with Crippen molar-refractivity contribution in [2.75, 3.05) is 25.3 Å². The zero-order valence-electron chi connectivity index (χ0n) is 19.4. The number of alkyl halides is 3. The van der Waals surface area contributed by atoms with Crippen molar-refractivity contribution in [1.29, 1.82) is 0 Å². The zero-order chi connectivity index (χ0) is 28.0. The molecule has 3 aromatic rings. The molecule has 2 aromatic heterocycles. The van der Waals surface area contributed by atoms with E-state index in [-0.39, 0.29) is 29.4 Å². The minimum absolute atomic E-state index is 0.0312. The second-order valence-corrected chi connectivity index (χ2v) is 10.7. The largest absolute Gasteiger partial charge is 0.493 e. The molecule has 1 aromatic carbocycles. The molecule has 0 spiro atoms. The second-order valence-electron chi connectivity index (χ2n) is 7.79. The number of benzene rings is 1. The predicted molar refractivity (Wildman–Crippen MR) is 126 cm³/mol. The number of aryl methyl sites for hydroxylation is 1. The molecule has 14 nitrogen and oxygen atoms in total. The van der Waals surface area contributed by atoms with Gasteiger partial charge in [-0.25, -0.2) is 13.2 Å². The quantitative estimate of drug-likeness (QED) is 0.281. The number of halogens is 3. The van der Waals surface area contributed by atoms with E-state index >= 15 is 0 Å². The fourth-order valence-corrected chi connectivity index (χ4v) is 5.97. The number of amides is 1. The van der Waals surface area contributed by atoms with Gasteiger partial charge in [-0.3, -0.25) is 19.1 Å². The Morgan fingerprint density at radius 2 is 1.84 bits per heavy atom. The predicted octanol–water partition coefficient (Wildman–Crippen LogP) is -0.0816. The molecule has 1 amide bonds. The molecule has 204 valence electrons. The van der Waals surface area contributed by atoms with Crippen LogP contribution in [-0.2, 0) is 33.3 Å². The third-order valence-corrected chi connectivity index (χ3v) is 8.16. The van der Waals surface area contributed by atoms with Crippen LogP contribution in [0.3, 0.4) is 0 Å². The summed E-state index contributed by atoms with van der Waals surface area (Å²) in [5.41, 5.74) is -2.31. The molecule has 0 aliphatic carbocycles. The smallest absolute Gasteiger partial charge is 0.421 e. The van der Waals surface area contributed by atoms with Gasteiger partial charge in [0.25, 0.3) is 21.5 Å². The summed E-state index contributed by atoms with van der Waals surface area (Å²) < 4.78 is 80.3. The van der Waals surface area contributed by atoms with Crippen molar-refractivity contribution in [3.05, 3.63) is 50.2 Å². The van der Waals surface area contributed by atoms with Gasteiger partial charge in [-0.2, -0.15) is 17.9 Å². The number of hydrogen-bond acceptors (Lipinski definition) is 11. The first-order valence-corrected chi connectivity index (χ1v) is 12.6. The van der Waals surface area contributed by atoms with Crippen LogP contribution in [0, 0.1) is 0 Å². The van der Waals surface area contributed by atoms with Crippen LogP contribution in [0.15, 0.2) is 32.1 Å². The molecule has 0 saturated heterocycles. The third-order valence-electron chi connectivity index (χ3n) is 5.58. The molecule has 19 heteroatoms. The van der Waals surface area contributed by atoms with Crippen LogP contribution in [0.1, 0.15) is 11.1 Å². The van der Waals surface area contributed by atoms with E-state index in [0.717, 1.165) is 0 Å². The van der Waals surface area contributed by atoms with Crippen molar-refractivity contribution in [2.45, 2.75) is 29.0 Å². The Bertz CT molecular complexity index is 1650. The fourth-order valence-electron chi connectivity index (χ4n) is 3.85. The van der Waals surface area contributed by atoms with Crippen LogP contribution in [0.2, 0.25) is 0 Å². The van der Waals surface area contributed by atoms with Gasteiger partial charge in [0.1, 0.15) is 5.82 Å². The van der Waals surface area contributed by atoms with Crippen LogP contribution >= 0.6 is 11.3 Å². The Balaban J connectivity index is 1.82. The normalized spacial score (nSPS) is 17.2. The molecule has 1 aliphatic heterocycles. The number of anilines is 2. The van der Waals surface area contributed by atoms with Crippen molar-refractivity contribution in [3.8, 4) is 11.5 Å². The monoisotopic (exact) mass is 577 g/mol. The summed E-state index contributed by atoms with van der Waals surface area (Å²) in [6.45, 7) is -0.318. The summed E-state index contributed by atoms with van der Waals surface area (Å²) >= 11 is 0.237. The summed E-state index contributed by atoms with van der Waals surface area (Å²) in [5.74, 6) is -2.01. The number of nitrogens with zero attached hydrogens (tertiary/aromatic N) is 3. The molecule has 0 radical (unpaired) electrons. The highest BCUT2D eigenvalue weighted by atomic mass is 32.2. The number of hydrogen-bond donors (Lipinski definition) is 4. The Morgan fingerprint density at radius 1 is 1.16 bits per heavy atom. The first-order chi connectivity index (χ1) is 17.7. The number of nitrogens with one attached hydrogen (secondary N) is 3. The third kappa shape index (κ3) is 4.37. The maximum absolute atomic E-state index is 14.5. The Morgan fingerprint density at radius 3 is 2.42 bits per heavy atom. The number of sulfonamides is 1. The molecule has 5 N–H and O–H groups in total. The molecule has 0 bridgehead atoms. The number of carbonyl (C=O) groups is 1. The summed E-state index contributed by atoms with van der Waals surface area (Å²) in [6, 6.07) is 4.74. The first-order valence-electron chi connectivity index (χ1n) is 10.3. The average molecular weight is 578 g/mol. The minimum Gasteiger partial charge on any atom is -0.493 e. The minimum atomic E-state index is -5.68. The Kier molecular flexibility index (Phi) is 6.70. The summed E-state index contributed by atoms with van der Waals surface area (Å²) in [7, 11) is -2.37. The molecule has 1 unspecified atom stereocenters. The second kappa shape index (κ2) is 9.40. The number of aromatic amines is 1. The topological polar surface area (TPSA) is 200 Å². The highest BCUT2D eigenvalue weighted by molar-refractivity contribution is 7.91. The first kappa shape index (κ1) is 27.1. The number of carbonyl (C=O) groups excluding carboxylic acids is 1. The average Bonchev–Trinajstić information content (AvgIpc) is 3.40. The van der Waals surface area contributed by atoms with Crippen LogP contribution in [0.5, 0.6) is 11.5 Å². The maximum atomic E-state index is 14.5. The number of fused-ring (bicyclic) bond motifs is 1. The van der Waals surface area contributed by atoms with E-state index < -0.39 is 54.6 Å². The van der Waals surface area contributed by atoms with Gasteiger partial charge in [0.05, 0.1) is 19.8 Å². The summed E-state index contributed by atoms with van der Waals surface area (Å²) in [4.78, 5) is 39.8. The molecular weight excluding hydrogens is 559 g/mol. The maximum Gasteiger partial charge on any atom is 0.421 e. The molecular formula is C19H18F3N7O7S2. The van der Waals surface area contributed by atoms with Crippen LogP contribution < -0.4 is 36.5 Å². The molecule has 3 heterocycles. The number of H-pyrrole nitrogens is 1. The molecule has 0 fully saturated rings. The Labute approximate surface area is 214 Å². The summed E-state index contributed by atoms with van der Waals surface area (Å²) in [6.07, 6.45) is -5.65. The van der Waals surface area contributed by atoms with Crippen molar-refractivity contribution in [3.63, 3.8) is 0 Å². The van der Waals surface area contributed by atoms with Crippen LogP contribution in [-0.4, -0.2) is 54.5 Å². The van der Waals surface area contributed by atoms with Gasteiger partial charge in [-0.05, 0) is 24.1 Å². The lowest BCUT2D eigenvalue weighted by Crippen LogP contribution is -2.61. The molecule has 38 heavy (non-hydrogen) atoms. The van der Waals surface area contributed by atoms with Gasteiger partial charge in [0.15, 0.2) is 11.5 Å². The van der Waals surface area contributed by atoms with E-state index in [1.807, 2.05) is 5.32 Å². The van der Waals surface area contributed by atoms with E-state index in [9.17, 15) is 36.0 Å². The van der Waals surface area contributed by atoms with Crippen molar-refractivity contribution < 1.29 is 35.9 Å². The number of methoxy groups -OCH3 is 2. The highest BCUT2D eigenvalue weighted by Crippen LogP contribution is 2.46. The lowest BCUT2D eigenvalue weighted by Gasteiger charge is -2.29. The zero-order valence-corrected chi connectivity index (χ0v) is 21.0. The lowest BCUT2D eigenvalue weighted by atomic mass is 9.93. The number of rotatable bonds is 8. The van der Waals surface area contributed by atoms with Gasteiger partial charge < -0.3 is 20.5 Å². The summed E-state index contributed by atoms with van der Waals surface area (Å²) in [5, 5.41) is 7.93.